The van der Waals surface area contributed by atoms with Crippen molar-refractivity contribution in [3.8, 4) is 17.1 Å². The van der Waals surface area contributed by atoms with Gasteiger partial charge in [-0.05, 0) is 42.7 Å². The lowest BCUT2D eigenvalue weighted by atomic mass is 10.1. The van der Waals surface area contributed by atoms with Gasteiger partial charge in [0.2, 0.25) is 0 Å². The Morgan fingerprint density at radius 2 is 1.81 bits per heavy atom. The Bertz CT molecular complexity index is 1050. The highest BCUT2D eigenvalue weighted by molar-refractivity contribution is 7.98. The van der Waals surface area contributed by atoms with E-state index in [1.807, 2.05) is 30.5 Å². The lowest BCUT2D eigenvalue weighted by molar-refractivity contribution is 0.627. The van der Waals surface area contributed by atoms with Crippen LogP contribution in [0.1, 0.15) is 5.56 Å². The lowest BCUT2D eigenvalue weighted by Gasteiger charge is -2.17. The maximum atomic E-state index is 13.4. The summed E-state index contributed by atoms with van der Waals surface area (Å²) in [6.45, 7) is 0. The molecule has 138 valence electrons. The maximum Gasteiger partial charge on any atom is 0.271 e. The number of nitrogens with two attached hydrogens (primary N) is 1. The van der Waals surface area contributed by atoms with Crippen LogP contribution in [0.5, 0.6) is 0 Å². The number of anilines is 1. The summed E-state index contributed by atoms with van der Waals surface area (Å²) in [4.78, 5) is 18.8. The molecule has 0 aliphatic carbocycles. The van der Waals surface area contributed by atoms with Gasteiger partial charge < -0.3 is 11.1 Å². The van der Waals surface area contributed by atoms with Gasteiger partial charge >= 0.3 is 0 Å². The van der Waals surface area contributed by atoms with Crippen LogP contribution in [0.3, 0.4) is 0 Å². The molecule has 1 aromatic heterocycles. The summed E-state index contributed by atoms with van der Waals surface area (Å²) in [5.41, 5.74) is 6.22. The molecule has 0 unspecified atom stereocenters. The van der Waals surface area contributed by atoms with Crippen molar-refractivity contribution in [2.45, 2.75) is 4.90 Å². The van der Waals surface area contributed by atoms with Gasteiger partial charge in [-0.25, -0.2) is 9.37 Å². The van der Waals surface area contributed by atoms with Crippen LogP contribution in [-0.2, 0) is 0 Å². The smallest absolute Gasteiger partial charge is 0.271 e. The van der Waals surface area contributed by atoms with Crippen LogP contribution in [0.25, 0.3) is 17.1 Å². The summed E-state index contributed by atoms with van der Waals surface area (Å²) in [7, 11) is 1.61. The zero-order valence-corrected chi connectivity index (χ0v) is 15.6. The fraction of sp³-hybridized carbons (Fsp3) is 0.105. The molecule has 0 aliphatic heterocycles. The highest BCUT2D eigenvalue weighted by Gasteiger charge is 2.20. The van der Waals surface area contributed by atoms with Gasteiger partial charge in [-0.2, -0.15) is 0 Å². The number of hydrogen-bond donors (Lipinski definition) is 3. The quantitative estimate of drug-likeness (QED) is 0.357. The molecule has 6 nitrogen and oxygen atoms in total. The standard InChI is InChI=1S/C19H18FN5OS/c1-23-17-15(16(21)22)19(26)25(13-7-5-12(20)6-8-13)18(24-17)11-3-9-14(27-2)10-4-11/h3-10,23H,1-2H3,(H3,21,22). The van der Waals surface area contributed by atoms with Crippen LogP contribution < -0.4 is 16.6 Å². The van der Waals surface area contributed by atoms with E-state index < -0.39 is 17.2 Å². The zero-order valence-electron chi connectivity index (χ0n) is 14.8. The predicted octanol–water partition coefficient (Wildman–Crippen LogP) is 3.09. The summed E-state index contributed by atoms with van der Waals surface area (Å²) in [6, 6.07) is 13.1. The molecular formula is C19H18FN5OS. The van der Waals surface area contributed by atoms with Crippen molar-refractivity contribution in [1.29, 1.82) is 5.41 Å². The van der Waals surface area contributed by atoms with Gasteiger partial charge in [-0.1, -0.05) is 12.1 Å². The number of nitrogens with one attached hydrogen (secondary N) is 2. The second-order valence-corrected chi connectivity index (χ2v) is 6.55. The molecule has 0 radical (unpaired) electrons. The van der Waals surface area contributed by atoms with Crippen LogP contribution >= 0.6 is 11.8 Å². The molecule has 0 amide bonds. The van der Waals surface area contributed by atoms with Crippen LogP contribution in [-0.4, -0.2) is 28.7 Å². The number of nitrogen functional groups attached to an aromatic ring is 1. The van der Waals surface area contributed by atoms with Crippen molar-refractivity contribution in [1.82, 2.24) is 9.55 Å². The summed E-state index contributed by atoms with van der Waals surface area (Å²) < 4.78 is 14.7. The van der Waals surface area contributed by atoms with E-state index in [1.54, 1.807) is 18.8 Å². The minimum atomic E-state index is -0.502. The molecule has 0 saturated heterocycles. The van der Waals surface area contributed by atoms with E-state index in [1.165, 1.54) is 28.8 Å². The molecule has 1 heterocycles. The normalized spacial score (nSPS) is 10.6. The number of thioether (sulfide) groups is 1. The molecule has 4 N–H and O–H groups in total. The number of nitrogens with zero attached hydrogens (tertiary/aromatic N) is 2. The number of benzene rings is 2. The van der Waals surface area contributed by atoms with Gasteiger partial charge in [0.05, 0.1) is 5.69 Å². The number of hydrogen-bond acceptors (Lipinski definition) is 5. The highest BCUT2D eigenvalue weighted by Crippen LogP contribution is 2.25. The van der Waals surface area contributed by atoms with Crippen molar-refractivity contribution in [2.75, 3.05) is 18.6 Å². The van der Waals surface area contributed by atoms with E-state index in [0.717, 1.165) is 4.90 Å². The first-order valence-corrected chi connectivity index (χ1v) is 9.28. The molecule has 0 aliphatic rings. The van der Waals surface area contributed by atoms with Crippen molar-refractivity contribution >= 4 is 23.4 Å². The van der Waals surface area contributed by atoms with E-state index in [2.05, 4.69) is 10.3 Å². The third-order valence-electron chi connectivity index (χ3n) is 4.02. The summed E-state index contributed by atoms with van der Waals surface area (Å²) in [5, 5.41) is 10.6. The molecule has 0 atom stereocenters. The maximum absolute atomic E-state index is 13.4. The van der Waals surface area contributed by atoms with E-state index >= 15 is 0 Å². The monoisotopic (exact) mass is 383 g/mol. The first kappa shape index (κ1) is 18.7. The molecule has 27 heavy (non-hydrogen) atoms. The fourth-order valence-corrected chi connectivity index (χ4v) is 3.12. The van der Waals surface area contributed by atoms with Crippen molar-refractivity contribution < 1.29 is 4.39 Å². The van der Waals surface area contributed by atoms with Gasteiger partial charge in [0.15, 0.2) is 0 Å². The Morgan fingerprint density at radius 1 is 1.19 bits per heavy atom. The zero-order chi connectivity index (χ0) is 19.6. The third kappa shape index (κ3) is 3.56. The molecule has 3 aromatic rings. The van der Waals surface area contributed by atoms with Gasteiger partial charge in [-0.15, -0.1) is 11.8 Å². The molecule has 0 spiro atoms. The largest absolute Gasteiger partial charge is 0.383 e. The van der Waals surface area contributed by atoms with E-state index in [-0.39, 0.29) is 11.4 Å². The molecule has 0 saturated carbocycles. The van der Waals surface area contributed by atoms with E-state index in [0.29, 0.717) is 17.1 Å². The average molecular weight is 383 g/mol. The van der Waals surface area contributed by atoms with Gasteiger partial charge in [0.25, 0.3) is 5.56 Å². The fourth-order valence-electron chi connectivity index (χ4n) is 2.71. The Kier molecular flexibility index (Phi) is 5.27. The second kappa shape index (κ2) is 7.63. The van der Waals surface area contributed by atoms with E-state index in [9.17, 15) is 9.18 Å². The Balaban J connectivity index is 2.36. The SMILES string of the molecule is CNc1nc(-c2ccc(SC)cc2)n(-c2ccc(F)cc2)c(=O)c1C(=N)N. The molecular weight excluding hydrogens is 365 g/mol. The van der Waals surface area contributed by atoms with Crippen LogP contribution in [0.4, 0.5) is 10.2 Å². The third-order valence-corrected chi connectivity index (χ3v) is 4.77. The number of halogens is 1. The first-order chi connectivity index (χ1) is 13.0. The van der Waals surface area contributed by atoms with Crippen LogP contribution in [0, 0.1) is 11.2 Å². The minimum Gasteiger partial charge on any atom is -0.383 e. The Hall–Kier alpha value is -3.13. The lowest BCUT2D eigenvalue weighted by Crippen LogP contribution is -2.32. The minimum absolute atomic E-state index is 0.0358. The summed E-state index contributed by atoms with van der Waals surface area (Å²) in [5.74, 6) is -0.218. The van der Waals surface area contributed by atoms with Gasteiger partial charge in [0.1, 0.15) is 28.9 Å². The molecule has 8 heteroatoms. The van der Waals surface area contributed by atoms with Crippen LogP contribution in [0.15, 0.2) is 58.2 Å². The molecule has 3 rings (SSSR count). The summed E-state index contributed by atoms with van der Waals surface area (Å²) >= 11 is 1.60. The summed E-state index contributed by atoms with van der Waals surface area (Å²) in [6.07, 6.45) is 1.97. The van der Waals surface area contributed by atoms with Crippen LogP contribution in [0.2, 0.25) is 0 Å². The highest BCUT2D eigenvalue weighted by atomic mass is 32.2. The van der Waals surface area contributed by atoms with Crippen molar-refractivity contribution in [2.24, 2.45) is 5.73 Å². The van der Waals surface area contributed by atoms with Crippen molar-refractivity contribution in [3.63, 3.8) is 0 Å². The molecule has 2 aromatic carbocycles. The van der Waals surface area contributed by atoms with Gasteiger partial charge in [-0.3, -0.25) is 14.8 Å². The molecule has 0 fully saturated rings. The van der Waals surface area contributed by atoms with E-state index in [4.69, 9.17) is 11.1 Å². The van der Waals surface area contributed by atoms with Gasteiger partial charge in [0, 0.05) is 17.5 Å². The first-order valence-electron chi connectivity index (χ1n) is 8.05. The second-order valence-electron chi connectivity index (χ2n) is 5.67. The topological polar surface area (TPSA) is 96.8 Å². The van der Waals surface area contributed by atoms with Crippen molar-refractivity contribution in [3.05, 3.63) is 70.3 Å². The number of aromatic nitrogens is 2. The Labute approximate surface area is 159 Å². The average Bonchev–Trinajstić information content (AvgIpc) is 2.67. The predicted molar refractivity (Wildman–Crippen MR) is 108 cm³/mol. The molecule has 0 bridgehead atoms. The Morgan fingerprint density at radius 3 is 2.33 bits per heavy atom. The number of amidine groups is 1. The number of rotatable bonds is 5.